The van der Waals surface area contributed by atoms with Gasteiger partial charge in [-0.2, -0.15) is 4.98 Å². The summed E-state index contributed by atoms with van der Waals surface area (Å²) < 4.78 is 23.0. The Balaban J connectivity index is 1.50. The van der Waals surface area contributed by atoms with Crippen molar-refractivity contribution in [1.82, 2.24) is 20.6 Å². The molecule has 4 heterocycles. The lowest BCUT2D eigenvalue weighted by atomic mass is 10.1. The fourth-order valence-corrected chi connectivity index (χ4v) is 4.42. The highest BCUT2D eigenvalue weighted by atomic mass is 16.5. The Morgan fingerprint density at radius 1 is 1.03 bits per heavy atom. The van der Waals surface area contributed by atoms with Gasteiger partial charge in [-0.15, -0.1) is 0 Å². The van der Waals surface area contributed by atoms with Gasteiger partial charge in [0.1, 0.15) is 11.9 Å². The van der Waals surface area contributed by atoms with E-state index in [1.54, 1.807) is 49.7 Å². The Bertz CT molecular complexity index is 1350. The maximum Gasteiger partial charge on any atom is 0.258 e. The molecule has 1 fully saturated rings. The van der Waals surface area contributed by atoms with Crippen LogP contribution in [-0.2, 0) is 11.3 Å². The molecular formula is C26H28N6O6. The number of nitrogen functional groups attached to an aromatic ring is 1. The highest BCUT2D eigenvalue weighted by Gasteiger charge is 2.37. The van der Waals surface area contributed by atoms with Crippen LogP contribution in [0.5, 0.6) is 23.0 Å². The van der Waals surface area contributed by atoms with Crippen molar-refractivity contribution in [2.45, 2.75) is 18.7 Å². The topological polar surface area (TPSA) is 150 Å². The maximum absolute atomic E-state index is 13.3. The van der Waals surface area contributed by atoms with Crippen LogP contribution in [-0.4, -0.2) is 67.8 Å². The Labute approximate surface area is 219 Å². The van der Waals surface area contributed by atoms with Gasteiger partial charge in [-0.05, 0) is 42.0 Å². The van der Waals surface area contributed by atoms with E-state index < -0.39 is 12.1 Å². The molecule has 1 saturated heterocycles. The number of nitrogens with one attached hydrogen (secondary N) is 2. The first-order chi connectivity index (χ1) is 18.4. The van der Waals surface area contributed by atoms with Crippen molar-refractivity contribution < 1.29 is 28.5 Å². The lowest BCUT2D eigenvalue weighted by molar-refractivity contribution is -0.123. The van der Waals surface area contributed by atoms with Gasteiger partial charge < -0.3 is 40.2 Å². The van der Waals surface area contributed by atoms with Crippen molar-refractivity contribution in [1.29, 1.82) is 0 Å². The molecule has 0 unspecified atom stereocenters. The molecule has 12 heteroatoms. The lowest BCUT2D eigenvalue weighted by Gasteiger charge is -2.22. The minimum Gasteiger partial charge on any atom is -0.493 e. The molecule has 12 nitrogen and oxygen atoms in total. The first kappa shape index (κ1) is 24.9. The van der Waals surface area contributed by atoms with Crippen LogP contribution in [0.2, 0.25) is 0 Å². The Hall–Kier alpha value is -4.74. The average Bonchev–Trinajstić information content (AvgIpc) is 3.32. The van der Waals surface area contributed by atoms with Gasteiger partial charge in [-0.1, -0.05) is 6.07 Å². The number of hydrogen-bond acceptors (Lipinski definition) is 10. The van der Waals surface area contributed by atoms with Crippen LogP contribution in [0.15, 0.2) is 48.7 Å². The third kappa shape index (κ3) is 5.33. The van der Waals surface area contributed by atoms with Crippen LogP contribution in [0, 0.1) is 0 Å². The molecule has 198 valence electrons. The van der Waals surface area contributed by atoms with Gasteiger partial charge in [-0.25, -0.2) is 4.98 Å². The van der Waals surface area contributed by atoms with Crippen LogP contribution in [0.25, 0.3) is 0 Å². The summed E-state index contributed by atoms with van der Waals surface area (Å²) in [5.41, 5.74) is 6.97. The summed E-state index contributed by atoms with van der Waals surface area (Å²) in [6.07, 6.45) is 1.14. The molecule has 6 rings (SSSR count). The molecule has 2 aromatic carbocycles. The SMILES string of the molecule is COc1ccc2cc1OCC(=O)NCc1ccc(c(OC)c1)O[C@H]1CN(c3ccnc(N)n3)C[C@@H]1NC2=O. The number of methoxy groups -OCH3 is 2. The minimum atomic E-state index is -0.445. The molecular weight excluding hydrogens is 492 g/mol. The summed E-state index contributed by atoms with van der Waals surface area (Å²) >= 11 is 0. The van der Waals surface area contributed by atoms with Gasteiger partial charge >= 0.3 is 0 Å². The fourth-order valence-electron chi connectivity index (χ4n) is 4.42. The number of aromatic nitrogens is 2. The highest BCUT2D eigenvalue weighted by molar-refractivity contribution is 5.95. The van der Waals surface area contributed by atoms with E-state index in [-0.39, 0.29) is 36.7 Å². The number of nitrogens with zero attached hydrogens (tertiary/aromatic N) is 3. The van der Waals surface area contributed by atoms with Gasteiger partial charge in [-0.3, -0.25) is 9.59 Å². The quantitative estimate of drug-likeness (QED) is 0.459. The van der Waals surface area contributed by atoms with Gasteiger partial charge in [0.15, 0.2) is 29.6 Å². The molecule has 4 bridgehead atoms. The molecule has 1 aromatic heterocycles. The number of benzene rings is 2. The van der Waals surface area contributed by atoms with E-state index in [4.69, 9.17) is 24.7 Å². The number of fused-ring (bicyclic) bond motifs is 7. The second kappa shape index (κ2) is 10.7. The summed E-state index contributed by atoms with van der Waals surface area (Å²) in [7, 11) is 3.04. The van der Waals surface area contributed by atoms with E-state index in [1.165, 1.54) is 7.11 Å². The van der Waals surface area contributed by atoms with Crippen molar-refractivity contribution in [2.24, 2.45) is 0 Å². The Kier molecular flexibility index (Phi) is 7.03. The molecule has 0 saturated carbocycles. The maximum atomic E-state index is 13.3. The standard InChI is InChI=1S/C26H28N6O6/c1-35-18-6-4-16-10-21(18)37-14-24(33)29-11-15-3-5-19(20(9-15)36-2)38-22-13-32(12-17(22)30-25(16)34)23-7-8-28-26(27)31-23/h3-10,17,22H,11-14H2,1-2H3,(H,29,33)(H,30,34)(H2,27,28,31)/t17-,22-/m0/s1. The van der Waals surface area contributed by atoms with E-state index in [2.05, 4.69) is 20.6 Å². The normalized spacial score (nSPS) is 19.4. The zero-order chi connectivity index (χ0) is 26.6. The first-order valence-corrected chi connectivity index (χ1v) is 12.0. The average molecular weight is 521 g/mol. The van der Waals surface area contributed by atoms with Gasteiger partial charge in [0.2, 0.25) is 5.95 Å². The predicted octanol–water partition coefficient (Wildman–Crippen LogP) is 1.15. The zero-order valence-corrected chi connectivity index (χ0v) is 21.0. The van der Waals surface area contributed by atoms with Crippen molar-refractivity contribution in [3.05, 3.63) is 59.8 Å². The molecule has 2 amide bonds. The second-order valence-corrected chi connectivity index (χ2v) is 8.83. The molecule has 3 aliphatic heterocycles. The molecule has 0 aliphatic carbocycles. The van der Waals surface area contributed by atoms with Crippen molar-refractivity contribution in [2.75, 3.05) is 44.5 Å². The third-order valence-electron chi connectivity index (χ3n) is 6.35. The molecule has 4 N–H and O–H groups in total. The molecule has 0 spiro atoms. The first-order valence-electron chi connectivity index (χ1n) is 12.0. The summed E-state index contributed by atoms with van der Waals surface area (Å²) in [4.78, 5) is 36.0. The van der Waals surface area contributed by atoms with Crippen LogP contribution >= 0.6 is 0 Å². The number of carbonyl (C=O) groups is 2. The van der Waals surface area contributed by atoms with E-state index in [0.29, 0.717) is 41.7 Å². The van der Waals surface area contributed by atoms with Crippen LogP contribution in [0.1, 0.15) is 15.9 Å². The van der Waals surface area contributed by atoms with E-state index in [1.807, 2.05) is 11.0 Å². The molecule has 3 aliphatic rings. The number of anilines is 2. The number of carbonyl (C=O) groups excluding carboxylic acids is 2. The summed E-state index contributed by atoms with van der Waals surface area (Å²) in [5.74, 6) is 1.82. The summed E-state index contributed by atoms with van der Waals surface area (Å²) in [6.45, 7) is 0.872. The Morgan fingerprint density at radius 3 is 2.66 bits per heavy atom. The predicted molar refractivity (Wildman–Crippen MR) is 138 cm³/mol. The van der Waals surface area contributed by atoms with Gasteiger partial charge in [0.25, 0.3) is 11.8 Å². The third-order valence-corrected chi connectivity index (χ3v) is 6.35. The van der Waals surface area contributed by atoms with Crippen LogP contribution in [0.3, 0.4) is 0 Å². The summed E-state index contributed by atoms with van der Waals surface area (Å²) in [5, 5.41) is 5.89. The molecule has 0 radical (unpaired) electrons. The van der Waals surface area contributed by atoms with Gasteiger partial charge in [0.05, 0.1) is 26.8 Å². The minimum absolute atomic E-state index is 0.156. The second-order valence-electron chi connectivity index (χ2n) is 8.83. The number of hydrogen-bond donors (Lipinski definition) is 3. The number of amides is 2. The largest absolute Gasteiger partial charge is 0.493 e. The number of ether oxygens (including phenoxy) is 4. The Morgan fingerprint density at radius 2 is 1.87 bits per heavy atom. The van der Waals surface area contributed by atoms with Crippen molar-refractivity contribution >= 4 is 23.6 Å². The van der Waals surface area contributed by atoms with E-state index in [9.17, 15) is 9.59 Å². The fraction of sp³-hybridized carbons (Fsp3) is 0.308. The van der Waals surface area contributed by atoms with E-state index >= 15 is 0 Å². The summed E-state index contributed by atoms with van der Waals surface area (Å²) in [6, 6.07) is 11.6. The highest BCUT2D eigenvalue weighted by Crippen LogP contribution is 2.32. The van der Waals surface area contributed by atoms with Crippen LogP contribution in [0.4, 0.5) is 11.8 Å². The molecule has 38 heavy (non-hydrogen) atoms. The lowest BCUT2D eigenvalue weighted by Crippen LogP contribution is -2.45. The smallest absolute Gasteiger partial charge is 0.258 e. The molecule has 3 aromatic rings. The zero-order valence-electron chi connectivity index (χ0n) is 21.0. The monoisotopic (exact) mass is 520 g/mol. The van der Waals surface area contributed by atoms with Gasteiger partial charge in [0, 0.05) is 24.8 Å². The number of nitrogens with two attached hydrogens (primary N) is 1. The van der Waals surface area contributed by atoms with Crippen molar-refractivity contribution in [3.63, 3.8) is 0 Å². The van der Waals surface area contributed by atoms with E-state index in [0.717, 1.165) is 5.56 Å². The van der Waals surface area contributed by atoms with Crippen molar-refractivity contribution in [3.8, 4) is 23.0 Å². The molecule has 2 atom stereocenters. The number of rotatable bonds is 3. The van der Waals surface area contributed by atoms with Crippen LogP contribution < -0.4 is 40.2 Å².